The van der Waals surface area contributed by atoms with E-state index in [1.54, 1.807) is 18.2 Å². The van der Waals surface area contributed by atoms with Gasteiger partial charge in [-0.25, -0.2) is 9.79 Å². The molecule has 0 radical (unpaired) electrons. The molecule has 8 heteroatoms. The highest BCUT2D eigenvalue weighted by atomic mass is 35.5. The molecule has 1 aromatic heterocycles. The molecule has 1 aliphatic carbocycles. The molecule has 0 saturated carbocycles. The molecule has 2 aliphatic rings. The number of H-pyrrole nitrogens is 1. The fourth-order valence-corrected chi connectivity index (χ4v) is 4.76. The zero-order chi connectivity index (χ0) is 21.2. The van der Waals surface area contributed by atoms with Crippen LogP contribution < -0.4 is 16.2 Å². The maximum atomic E-state index is 13.0. The number of halogens is 2. The monoisotopic (exact) mass is 440 g/mol. The van der Waals surface area contributed by atoms with Crippen LogP contribution >= 0.6 is 23.2 Å². The molecule has 0 amide bonds. The second-order valence-electron chi connectivity index (χ2n) is 7.15. The third-order valence-corrected chi connectivity index (χ3v) is 6.47. The fraction of sp³-hybridized carbons (Fsp3) is 0.136. The molecule has 1 unspecified atom stereocenters. The molecule has 30 heavy (non-hydrogen) atoms. The number of hydrogen-bond acceptors (Lipinski definition) is 3. The predicted octanol–water partition coefficient (Wildman–Crippen LogP) is 2.49. The highest BCUT2D eigenvalue weighted by molar-refractivity contribution is 6.42. The Balaban J connectivity index is 1.96. The third-order valence-electron chi connectivity index (χ3n) is 5.64. The average Bonchev–Trinajstić information content (AvgIpc) is 3.01. The van der Waals surface area contributed by atoms with Crippen LogP contribution in [0.4, 0.5) is 5.82 Å². The van der Waals surface area contributed by atoms with Crippen molar-refractivity contribution in [3.63, 3.8) is 0 Å². The maximum Gasteiger partial charge on any atom is 0.415 e. The lowest BCUT2D eigenvalue weighted by Gasteiger charge is -2.24. The minimum Gasteiger partial charge on any atom is -0.507 e. The molecule has 0 bridgehead atoms. The first-order valence-electron chi connectivity index (χ1n) is 9.42. The SMILES string of the molecule is CCn1c2c(c(=O)[nH]c1=O)C(c1cccc(Cl)c1Cl)C1=C(O)c3ccccc3C1=[NH+]2. The summed E-state index contributed by atoms with van der Waals surface area (Å²) in [6.45, 7) is 2.17. The van der Waals surface area contributed by atoms with Gasteiger partial charge in [0.25, 0.3) is 11.4 Å². The number of nitrogens with zero attached hydrogens (tertiary/aromatic N) is 1. The number of aliphatic hydroxyl groups excluding tert-OH is 1. The first kappa shape index (κ1) is 18.9. The Labute approximate surface area is 180 Å². The zero-order valence-corrected chi connectivity index (χ0v) is 17.3. The van der Waals surface area contributed by atoms with E-state index >= 15 is 0 Å². The van der Waals surface area contributed by atoms with Crippen molar-refractivity contribution < 1.29 is 10.1 Å². The molecule has 1 aliphatic heterocycles. The van der Waals surface area contributed by atoms with Crippen LogP contribution in [0.15, 0.2) is 57.6 Å². The molecule has 3 aromatic rings. The van der Waals surface area contributed by atoms with Gasteiger partial charge in [-0.05, 0) is 24.6 Å². The van der Waals surface area contributed by atoms with E-state index in [0.717, 1.165) is 5.56 Å². The number of nitrogens with one attached hydrogen (secondary N) is 2. The molecule has 0 spiro atoms. The topological polar surface area (TPSA) is 89.1 Å². The van der Waals surface area contributed by atoms with Crippen LogP contribution in [0.1, 0.15) is 35.1 Å². The Bertz CT molecular complexity index is 1420. The van der Waals surface area contributed by atoms with Crippen LogP contribution in [0, 0.1) is 0 Å². The summed E-state index contributed by atoms with van der Waals surface area (Å²) in [5, 5.41) is 11.8. The van der Waals surface area contributed by atoms with E-state index in [0.29, 0.717) is 50.4 Å². The van der Waals surface area contributed by atoms with Crippen molar-refractivity contribution in [3.8, 4) is 0 Å². The molecule has 1 atom stereocenters. The molecular formula is C22H16Cl2N3O3+. The van der Waals surface area contributed by atoms with Crippen LogP contribution in [0.2, 0.25) is 10.0 Å². The van der Waals surface area contributed by atoms with Gasteiger partial charge in [-0.2, -0.15) is 4.57 Å². The van der Waals surface area contributed by atoms with Crippen molar-refractivity contribution >= 4 is 40.5 Å². The first-order valence-corrected chi connectivity index (χ1v) is 10.2. The molecular weight excluding hydrogens is 425 g/mol. The van der Waals surface area contributed by atoms with Crippen molar-refractivity contribution in [2.45, 2.75) is 19.4 Å². The summed E-state index contributed by atoms with van der Waals surface area (Å²) in [6.07, 6.45) is 0. The number of fused-ring (bicyclic) bond motifs is 4. The largest absolute Gasteiger partial charge is 0.507 e. The summed E-state index contributed by atoms with van der Waals surface area (Å²) in [6, 6.07) is 12.6. The average molecular weight is 441 g/mol. The number of benzene rings is 2. The van der Waals surface area contributed by atoms with Crippen molar-refractivity contribution in [1.82, 2.24) is 9.55 Å². The van der Waals surface area contributed by atoms with Gasteiger partial charge >= 0.3 is 5.69 Å². The number of allylic oxidation sites excluding steroid dienone is 1. The van der Waals surface area contributed by atoms with Gasteiger partial charge in [-0.3, -0.25) is 9.78 Å². The summed E-state index contributed by atoms with van der Waals surface area (Å²) >= 11 is 12.8. The lowest BCUT2D eigenvalue weighted by molar-refractivity contribution is -0.364. The molecule has 3 N–H and O–H groups in total. The highest BCUT2D eigenvalue weighted by Crippen LogP contribution is 2.46. The molecule has 2 aromatic carbocycles. The molecule has 0 fully saturated rings. The Morgan fingerprint density at radius 1 is 1.10 bits per heavy atom. The van der Waals surface area contributed by atoms with Gasteiger partial charge in [-0.15, -0.1) is 0 Å². The summed E-state index contributed by atoms with van der Waals surface area (Å²) in [7, 11) is 0. The van der Waals surface area contributed by atoms with Crippen LogP contribution in [-0.2, 0) is 6.54 Å². The number of aromatic nitrogens is 2. The lowest BCUT2D eigenvalue weighted by atomic mass is 9.81. The second kappa shape index (κ2) is 6.72. The molecule has 0 saturated heterocycles. The van der Waals surface area contributed by atoms with Gasteiger partial charge < -0.3 is 5.11 Å². The van der Waals surface area contributed by atoms with E-state index in [-0.39, 0.29) is 5.76 Å². The van der Waals surface area contributed by atoms with Crippen molar-refractivity contribution in [1.29, 1.82) is 0 Å². The van der Waals surface area contributed by atoms with Gasteiger partial charge in [0, 0.05) is 11.1 Å². The van der Waals surface area contributed by atoms with E-state index < -0.39 is 17.2 Å². The summed E-state index contributed by atoms with van der Waals surface area (Å²) in [5.41, 5.74) is 2.44. The van der Waals surface area contributed by atoms with Gasteiger partial charge in [0.15, 0.2) is 0 Å². The predicted molar refractivity (Wildman–Crippen MR) is 116 cm³/mol. The molecule has 5 rings (SSSR count). The van der Waals surface area contributed by atoms with E-state index in [1.807, 2.05) is 31.2 Å². The molecule has 2 heterocycles. The van der Waals surface area contributed by atoms with Crippen molar-refractivity contribution in [2.75, 3.05) is 0 Å². The number of hydrogen-bond donors (Lipinski definition) is 3. The number of rotatable bonds is 2. The Morgan fingerprint density at radius 3 is 2.57 bits per heavy atom. The van der Waals surface area contributed by atoms with Crippen LogP contribution in [0.5, 0.6) is 0 Å². The van der Waals surface area contributed by atoms with Crippen molar-refractivity contribution in [3.05, 3.63) is 101 Å². The van der Waals surface area contributed by atoms with Crippen LogP contribution in [-0.4, -0.2) is 20.4 Å². The van der Waals surface area contributed by atoms with Gasteiger partial charge in [0.1, 0.15) is 17.0 Å². The van der Waals surface area contributed by atoms with E-state index in [2.05, 4.69) is 9.98 Å². The number of aromatic amines is 1. The molecule has 150 valence electrons. The van der Waals surface area contributed by atoms with E-state index in [4.69, 9.17) is 23.2 Å². The Hall–Kier alpha value is -3.09. The Morgan fingerprint density at radius 2 is 1.83 bits per heavy atom. The smallest absolute Gasteiger partial charge is 0.415 e. The minimum atomic E-state index is -0.711. The lowest BCUT2D eigenvalue weighted by Crippen LogP contribution is -2.72. The highest BCUT2D eigenvalue weighted by Gasteiger charge is 2.44. The van der Waals surface area contributed by atoms with E-state index in [9.17, 15) is 14.7 Å². The van der Waals surface area contributed by atoms with E-state index in [1.165, 1.54) is 4.57 Å². The van der Waals surface area contributed by atoms with Gasteiger partial charge in [0.2, 0.25) is 0 Å². The zero-order valence-electron chi connectivity index (χ0n) is 15.8. The quantitative estimate of drug-likeness (QED) is 0.571. The van der Waals surface area contributed by atoms with Gasteiger partial charge in [-0.1, -0.05) is 53.5 Å². The minimum absolute atomic E-state index is 0.0634. The number of aliphatic hydroxyl groups is 1. The maximum absolute atomic E-state index is 13.0. The van der Waals surface area contributed by atoms with Crippen molar-refractivity contribution in [2.24, 2.45) is 0 Å². The summed E-state index contributed by atoms with van der Waals surface area (Å²) in [5.74, 6) is -0.263. The summed E-state index contributed by atoms with van der Waals surface area (Å²) < 4.78 is 1.46. The fourth-order valence-electron chi connectivity index (χ4n) is 4.34. The van der Waals surface area contributed by atoms with Crippen LogP contribution in [0.25, 0.3) is 5.76 Å². The summed E-state index contributed by atoms with van der Waals surface area (Å²) in [4.78, 5) is 31.1. The standard InChI is InChI=1S/C22H15Cl2N3O3/c1-2-27-20-16(21(29)26-22(27)30)14(12-8-5-9-13(23)17(12)24)15-18(25-20)10-6-3-4-7-11(10)19(15)28/h3-9,14,28H,2H2,1H3,(H,26,29,30)/p+1. The Kier molecular flexibility index (Phi) is 4.24. The third kappa shape index (κ3) is 2.47. The first-order chi connectivity index (χ1) is 14.4. The normalized spacial score (nSPS) is 16.8. The van der Waals surface area contributed by atoms with Crippen LogP contribution in [0.3, 0.4) is 0 Å². The second-order valence-corrected chi connectivity index (χ2v) is 7.93. The van der Waals surface area contributed by atoms with Gasteiger partial charge in [0.05, 0.1) is 28.1 Å². The molecule has 6 nitrogen and oxygen atoms in total.